The summed E-state index contributed by atoms with van der Waals surface area (Å²) in [7, 11) is 0. The molecule has 3 heterocycles. The van der Waals surface area contributed by atoms with E-state index >= 15 is 0 Å². The number of rotatable bonds is 6. The molecule has 2 aliphatic heterocycles. The average molecular weight is 392 g/mol. The standard InChI is InChI=1S/C20H29FN4O3/c1-3-14(2)24-6-8-25(9-7-24)20(27)16-10-17(28-13-16)12-23-19(26)15-4-5-22-18(21)11-15/h4-5,11,14,16-17H,3,6-10,12-13H2,1-2H3,(H,23,26)/t14?,16-,17-/m0/s1. The normalized spacial score (nSPS) is 24.2. The lowest BCUT2D eigenvalue weighted by Crippen LogP contribution is -2.52. The number of hydrogen-bond acceptors (Lipinski definition) is 5. The minimum atomic E-state index is -0.691. The molecule has 1 aromatic heterocycles. The van der Waals surface area contributed by atoms with Crippen molar-refractivity contribution in [3.8, 4) is 0 Å². The lowest BCUT2D eigenvalue weighted by atomic mass is 10.0. The Morgan fingerprint density at radius 1 is 1.36 bits per heavy atom. The van der Waals surface area contributed by atoms with Gasteiger partial charge in [-0.2, -0.15) is 4.39 Å². The fourth-order valence-corrected chi connectivity index (χ4v) is 3.77. The fraction of sp³-hybridized carbons (Fsp3) is 0.650. The Morgan fingerprint density at radius 2 is 2.11 bits per heavy atom. The highest BCUT2D eigenvalue weighted by Gasteiger charge is 2.35. The third-order valence-corrected chi connectivity index (χ3v) is 5.75. The molecule has 1 aromatic rings. The first-order chi connectivity index (χ1) is 13.5. The lowest BCUT2D eigenvalue weighted by molar-refractivity contribution is -0.137. The summed E-state index contributed by atoms with van der Waals surface area (Å²) >= 11 is 0. The molecule has 8 heteroatoms. The van der Waals surface area contributed by atoms with Crippen LogP contribution in [-0.2, 0) is 9.53 Å². The van der Waals surface area contributed by atoms with Crippen LogP contribution < -0.4 is 5.32 Å². The molecule has 1 N–H and O–H groups in total. The van der Waals surface area contributed by atoms with E-state index in [1.165, 1.54) is 12.3 Å². The second kappa shape index (κ2) is 9.43. The summed E-state index contributed by atoms with van der Waals surface area (Å²) in [4.78, 5) is 32.7. The van der Waals surface area contributed by atoms with Crippen LogP contribution >= 0.6 is 0 Å². The smallest absolute Gasteiger partial charge is 0.251 e. The van der Waals surface area contributed by atoms with E-state index in [9.17, 15) is 14.0 Å². The Bertz CT molecular complexity index is 694. The molecule has 28 heavy (non-hydrogen) atoms. The monoisotopic (exact) mass is 392 g/mol. The van der Waals surface area contributed by atoms with Crippen molar-refractivity contribution in [2.75, 3.05) is 39.3 Å². The van der Waals surface area contributed by atoms with E-state index in [4.69, 9.17) is 4.74 Å². The molecule has 0 aliphatic carbocycles. The van der Waals surface area contributed by atoms with Gasteiger partial charge in [0.2, 0.25) is 11.9 Å². The van der Waals surface area contributed by atoms with Gasteiger partial charge in [-0.15, -0.1) is 0 Å². The van der Waals surface area contributed by atoms with Gasteiger partial charge in [-0.25, -0.2) is 4.98 Å². The topological polar surface area (TPSA) is 74.8 Å². The van der Waals surface area contributed by atoms with Gasteiger partial charge in [0.15, 0.2) is 0 Å². The van der Waals surface area contributed by atoms with Crippen LogP contribution in [0.2, 0.25) is 0 Å². The molecule has 0 aromatic carbocycles. The van der Waals surface area contributed by atoms with Crippen molar-refractivity contribution in [1.82, 2.24) is 20.1 Å². The molecule has 1 unspecified atom stereocenters. The van der Waals surface area contributed by atoms with Gasteiger partial charge in [-0.05, 0) is 25.8 Å². The van der Waals surface area contributed by atoms with Crippen LogP contribution in [0, 0.1) is 11.9 Å². The zero-order valence-electron chi connectivity index (χ0n) is 16.6. The van der Waals surface area contributed by atoms with E-state index < -0.39 is 5.95 Å². The Kier molecular flexibility index (Phi) is 6.96. The highest BCUT2D eigenvalue weighted by Crippen LogP contribution is 2.22. The Labute approximate surface area is 165 Å². The Morgan fingerprint density at radius 3 is 2.79 bits per heavy atom. The molecule has 7 nitrogen and oxygen atoms in total. The number of carbonyl (C=O) groups is 2. The van der Waals surface area contributed by atoms with Crippen molar-refractivity contribution in [2.45, 2.75) is 38.8 Å². The van der Waals surface area contributed by atoms with E-state index in [0.717, 1.165) is 38.7 Å². The van der Waals surface area contributed by atoms with E-state index in [1.54, 1.807) is 0 Å². The van der Waals surface area contributed by atoms with Gasteiger partial charge in [0.05, 0.1) is 18.6 Å². The van der Waals surface area contributed by atoms with Crippen LogP contribution in [0.5, 0.6) is 0 Å². The van der Waals surface area contributed by atoms with Gasteiger partial charge in [0.1, 0.15) is 0 Å². The van der Waals surface area contributed by atoms with Crippen molar-refractivity contribution < 1.29 is 18.7 Å². The van der Waals surface area contributed by atoms with Gasteiger partial charge >= 0.3 is 0 Å². The number of pyridine rings is 1. The second-order valence-corrected chi connectivity index (χ2v) is 7.58. The fourth-order valence-electron chi connectivity index (χ4n) is 3.77. The maximum absolute atomic E-state index is 13.1. The number of amides is 2. The van der Waals surface area contributed by atoms with Crippen LogP contribution in [0.25, 0.3) is 0 Å². The van der Waals surface area contributed by atoms with Crippen molar-refractivity contribution in [2.24, 2.45) is 5.92 Å². The van der Waals surface area contributed by atoms with Gasteiger partial charge in [0.25, 0.3) is 5.91 Å². The first-order valence-electron chi connectivity index (χ1n) is 10.0. The summed E-state index contributed by atoms with van der Waals surface area (Å²) in [5.74, 6) is -1.08. The molecule has 3 atom stereocenters. The summed E-state index contributed by atoms with van der Waals surface area (Å²) in [5, 5.41) is 2.74. The zero-order valence-corrected chi connectivity index (χ0v) is 16.6. The predicted molar refractivity (Wildman–Crippen MR) is 102 cm³/mol. The Hall–Kier alpha value is -2.06. The van der Waals surface area contributed by atoms with Crippen LogP contribution in [0.1, 0.15) is 37.0 Å². The van der Waals surface area contributed by atoms with Gasteiger partial charge < -0.3 is 15.0 Å². The molecule has 0 radical (unpaired) electrons. The molecule has 2 amide bonds. The quantitative estimate of drug-likeness (QED) is 0.739. The second-order valence-electron chi connectivity index (χ2n) is 7.58. The summed E-state index contributed by atoms with van der Waals surface area (Å²) in [6.45, 7) is 8.43. The number of aromatic nitrogens is 1. The number of nitrogens with zero attached hydrogens (tertiary/aromatic N) is 3. The van der Waals surface area contributed by atoms with Crippen molar-refractivity contribution in [3.05, 3.63) is 29.8 Å². The summed E-state index contributed by atoms with van der Waals surface area (Å²) < 4.78 is 18.8. The average Bonchev–Trinajstić information content (AvgIpc) is 3.20. The summed E-state index contributed by atoms with van der Waals surface area (Å²) in [6.07, 6.45) is 2.76. The zero-order chi connectivity index (χ0) is 20.1. The predicted octanol–water partition coefficient (Wildman–Crippen LogP) is 1.30. The number of nitrogens with one attached hydrogen (secondary N) is 1. The first-order valence-corrected chi connectivity index (χ1v) is 10.0. The van der Waals surface area contributed by atoms with E-state index in [0.29, 0.717) is 25.6 Å². The molecule has 0 saturated carbocycles. The SMILES string of the molecule is CCC(C)N1CCN(C(=O)[C@@H]2CO[C@H](CNC(=O)c3ccnc(F)c3)C2)CC1. The number of halogens is 1. The first kappa shape index (κ1) is 20.7. The van der Waals surface area contributed by atoms with E-state index in [2.05, 4.69) is 29.0 Å². The van der Waals surface area contributed by atoms with Gasteiger partial charge in [-0.1, -0.05) is 6.92 Å². The molecule has 0 bridgehead atoms. The molecule has 2 fully saturated rings. The lowest BCUT2D eigenvalue weighted by Gasteiger charge is -2.38. The van der Waals surface area contributed by atoms with Gasteiger partial charge in [-0.3, -0.25) is 14.5 Å². The highest BCUT2D eigenvalue weighted by atomic mass is 19.1. The molecular formula is C20H29FN4O3. The van der Waals surface area contributed by atoms with Crippen molar-refractivity contribution >= 4 is 11.8 Å². The number of carbonyl (C=O) groups excluding carboxylic acids is 2. The summed E-state index contributed by atoms with van der Waals surface area (Å²) in [5.41, 5.74) is 0.220. The number of hydrogen-bond donors (Lipinski definition) is 1. The third kappa shape index (κ3) is 5.05. The van der Waals surface area contributed by atoms with Crippen LogP contribution in [0.15, 0.2) is 18.3 Å². The molecule has 154 valence electrons. The number of piperazine rings is 1. The van der Waals surface area contributed by atoms with Crippen molar-refractivity contribution in [1.29, 1.82) is 0 Å². The number of ether oxygens (including phenoxy) is 1. The minimum absolute atomic E-state index is 0.147. The molecule has 3 rings (SSSR count). The highest BCUT2D eigenvalue weighted by molar-refractivity contribution is 5.94. The molecular weight excluding hydrogens is 363 g/mol. The maximum Gasteiger partial charge on any atom is 0.251 e. The van der Waals surface area contributed by atoms with E-state index in [-0.39, 0.29) is 29.4 Å². The Balaban J connectivity index is 1.42. The molecule has 2 aliphatic rings. The third-order valence-electron chi connectivity index (χ3n) is 5.75. The minimum Gasteiger partial charge on any atom is -0.376 e. The maximum atomic E-state index is 13.1. The molecule has 0 spiro atoms. The van der Waals surface area contributed by atoms with Crippen LogP contribution in [0.4, 0.5) is 4.39 Å². The van der Waals surface area contributed by atoms with Crippen LogP contribution in [-0.4, -0.2) is 78.1 Å². The van der Waals surface area contributed by atoms with Gasteiger partial charge in [0, 0.05) is 56.6 Å². The van der Waals surface area contributed by atoms with E-state index in [1.807, 2.05) is 4.90 Å². The molecule has 2 saturated heterocycles. The summed E-state index contributed by atoms with van der Waals surface area (Å²) in [6, 6.07) is 3.10. The van der Waals surface area contributed by atoms with Crippen molar-refractivity contribution in [3.63, 3.8) is 0 Å². The van der Waals surface area contributed by atoms with Crippen LogP contribution in [0.3, 0.4) is 0 Å². The largest absolute Gasteiger partial charge is 0.376 e.